The van der Waals surface area contributed by atoms with Crippen molar-refractivity contribution in [1.82, 2.24) is 0 Å². The van der Waals surface area contributed by atoms with Crippen molar-refractivity contribution >= 4 is 28.4 Å². The van der Waals surface area contributed by atoms with Crippen molar-refractivity contribution in [1.29, 1.82) is 0 Å². The highest BCUT2D eigenvalue weighted by molar-refractivity contribution is 5.82. The van der Waals surface area contributed by atoms with Gasteiger partial charge in [-0.1, -0.05) is 74.5 Å². The van der Waals surface area contributed by atoms with Gasteiger partial charge in [-0.05, 0) is 152 Å². The Kier molecular flexibility index (Phi) is 8.25. The lowest BCUT2D eigenvalue weighted by Crippen LogP contribution is -2.24. The molecule has 0 heterocycles. The number of aryl methyl sites for hydroxylation is 5. The van der Waals surface area contributed by atoms with Gasteiger partial charge in [-0.15, -0.1) is 0 Å². The summed E-state index contributed by atoms with van der Waals surface area (Å²) in [6.45, 7) is 15.6. The normalized spacial score (nSPS) is 13.8. The topological polar surface area (TPSA) is 6.48 Å². The Morgan fingerprint density at radius 2 is 0.956 bits per heavy atom. The van der Waals surface area contributed by atoms with Gasteiger partial charge in [0.1, 0.15) is 0 Å². The Morgan fingerprint density at radius 3 is 1.38 bits per heavy atom. The third-order valence-corrected chi connectivity index (χ3v) is 8.75. The van der Waals surface area contributed by atoms with Crippen molar-refractivity contribution in [3.05, 3.63) is 161 Å². The summed E-state index contributed by atoms with van der Waals surface area (Å²) >= 11 is 0. The van der Waals surface area contributed by atoms with Crippen LogP contribution in [0.15, 0.2) is 133 Å². The van der Waals surface area contributed by atoms with E-state index in [0.717, 1.165) is 6.42 Å². The maximum atomic E-state index is 2.45. The smallest absolute Gasteiger partial charge is 0.0491 e. The maximum absolute atomic E-state index is 2.45. The molecule has 1 aliphatic rings. The molecule has 5 aromatic rings. The van der Waals surface area contributed by atoms with Crippen molar-refractivity contribution in [3.63, 3.8) is 0 Å². The molecule has 0 aromatic heterocycles. The third kappa shape index (κ3) is 6.51. The summed E-state index contributed by atoms with van der Waals surface area (Å²) in [4.78, 5) is 4.83. The summed E-state index contributed by atoms with van der Waals surface area (Å²) in [5.74, 6) is 0. The Morgan fingerprint density at radius 1 is 0.511 bits per heavy atom. The minimum Gasteiger partial charge on any atom is -0.314 e. The van der Waals surface area contributed by atoms with E-state index in [1.54, 1.807) is 0 Å². The number of benzene rings is 5. The summed E-state index contributed by atoms with van der Waals surface area (Å²) in [7, 11) is 0. The van der Waals surface area contributed by atoms with Crippen LogP contribution >= 0.6 is 0 Å². The fourth-order valence-corrected chi connectivity index (χ4v) is 6.52. The molecule has 0 unspecified atom stereocenters. The Labute approximate surface area is 270 Å². The predicted octanol–water partition coefficient (Wildman–Crippen LogP) is 12.4. The van der Waals surface area contributed by atoms with E-state index in [4.69, 9.17) is 0 Å². The first-order valence-corrected chi connectivity index (χ1v) is 16.0. The summed E-state index contributed by atoms with van der Waals surface area (Å²) in [6, 6.07) is 40.1. The predicted molar refractivity (Wildman–Crippen MR) is 194 cm³/mol. The SMILES string of the molecule is Cc1cccc(N(C2=CC=CC(C)(C)C2)c2ccc(-c3ccc(N(c4cccc(C)c4)c4cccc(C)c4)c(C)c3)cc2C)c1. The molecule has 0 N–H and O–H groups in total. The average molecular weight is 589 g/mol. The molecule has 0 fully saturated rings. The van der Waals surface area contributed by atoms with Gasteiger partial charge in [0.2, 0.25) is 0 Å². The van der Waals surface area contributed by atoms with E-state index in [-0.39, 0.29) is 5.41 Å². The van der Waals surface area contributed by atoms with Gasteiger partial charge < -0.3 is 9.80 Å². The Balaban J connectivity index is 1.39. The van der Waals surface area contributed by atoms with E-state index >= 15 is 0 Å². The molecule has 0 radical (unpaired) electrons. The van der Waals surface area contributed by atoms with Crippen LogP contribution in [-0.2, 0) is 0 Å². The minimum absolute atomic E-state index is 0.115. The van der Waals surface area contributed by atoms with Crippen LogP contribution in [0.4, 0.5) is 28.4 Å². The van der Waals surface area contributed by atoms with Gasteiger partial charge in [-0.25, -0.2) is 0 Å². The number of hydrogen-bond acceptors (Lipinski definition) is 2. The van der Waals surface area contributed by atoms with Gasteiger partial charge in [0.25, 0.3) is 0 Å². The lowest BCUT2D eigenvalue weighted by Gasteiger charge is -2.35. The van der Waals surface area contributed by atoms with Gasteiger partial charge >= 0.3 is 0 Å². The maximum Gasteiger partial charge on any atom is 0.0491 e. The second kappa shape index (κ2) is 12.3. The van der Waals surface area contributed by atoms with E-state index < -0.39 is 0 Å². The van der Waals surface area contributed by atoms with E-state index in [9.17, 15) is 0 Å². The zero-order valence-electron chi connectivity index (χ0n) is 27.7. The molecule has 5 aromatic carbocycles. The van der Waals surface area contributed by atoms with Crippen LogP contribution in [0, 0.1) is 40.0 Å². The molecule has 0 saturated carbocycles. The molecule has 2 nitrogen and oxygen atoms in total. The van der Waals surface area contributed by atoms with Crippen molar-refractivity contribution in [2.45, 2.75) is 54.9 Å². The molecule has 1 aliphatic carbocycles. The molecule has 0 amide bonds. The molecule has 0 bridgehead atoms. The first-order valence-electron chi connectivity index (χ1n) is 16.0. The van der Waals surface area contributed by atoms with Gasteiger partial charge in [0, 0.05) is 34.1 Å². The first kappa shape index (κ1) is 30.2. The molecule has 0 saturated heterocycles. The quantitative estimate of drug-likeness (QED) is 0.187. The highest BCUT2D eigenvalue weighted by Gasteiger charge is 2.25. The second-order valence-electron chi connectivity index (χ2n) is 13.4. The monoisotopic (exact) mass is 588 g/mol. The van der Waals surface area contributed by atoms with Crippen molar-refractivity contribution < 1.29 is 0 Å². The largest absolute Gasteiger partial charge is 0.314 e. The van der Waals surface area contributed by atoms with Gasteiger partial charge in [-0.2, -0.15) is 0 Å². The van der Waals surface area contributed by atoms with E-state index in [0.29, 0.717) is 0 Å². The number of rotatable bonds is 7. The van der Waals surface area contributed by atoms with E-state index in [2.05, 4.69) is 186 Å². The lowest BCUT2D eigenvalue weighted by atomic mass is 9.83. The number of anilines is 5. The Bertz CT molecular complexity index is 1880. The van der Waals surface area contributed by atoms with E-state index in [1.165, 1.54) is 73.1 Å². The van der Waals surface area contributed by atoms with Crippen molar-refractivity contribution in [3.8, 4) is 11.1 Å². The lowest BCUT2D eigenvalue weighted by molar-refractivity contribution is 0.466. The van der Waals surface area contributed by atoms with Crippen molar-refractivity contribution in [2.24, 2.45) is 5.41 Å². The highest BCUT2D eigenvalue weighted by atomic mass is 15.2. The molecule has 226 valence electrons. The Hall–Kier alpha value is -4.82. The molecule has 6 rings (SSSR count). The zero-order valence-corrected chi connectivity index (χ0v) is 27.7. The second-order valence-corrected chi connectivity index (χ2v) is 13.4. The zero-order chi connectivity index (χ0) is 31.7. The number of allylic oxidation sites excluding steroid dienone is 4. The minimum atomic E-state index is 0.115. The van der Waals surface area contributed by atoms with Crippen LogP contribution in [0.1, 0.15) is 48.1 Å². The van der Waals surface area contributed by atoms with Crippen LogP contribution in [0.2, 0.25) is 0 Å². The molecule has 0 atom stereocenters. The summed E-state index contributed by atoms with van der Waals surface area (Å²) in [6.07, 6.45) is 7.78. The molecular weight excluding hydrogens is 544 g/mol. The fourth-order valence-electron chi connectivity index (χ4n) is 6.52. The van der Waals surface area contributed by atoms with Crippen LogP contribution in [0.3, 0.4) is 0 Å². The summed E-state index contributed by atoms with van der Waals surface area (Å²) in [5, 5.41) is 0. The summed E-state index contributed by atoms with van der Waals surface area (Å²) < 4.78 is 0. The van der Waals surface area contributed by atoms with Crippen molar-refractivity contribution in [2.75, 3.05) is 9.80 Å². The fraction of sp³-hybridized carbons (Fsp3) is 0.209. The van der Waals surface area contributed by atoms with Gasteiger partial charge in [-0.3, -0.25) is 0 Å². The molecule has 2 heteroatoms. The van der Waals surface area contributed by atoms with E-state index in [1.807, 2.05) is 0 Å². The molecule has 0 spiro atoms. The van der Waals surface area contributed by atoms with Gasteiger partial charge in [0.05, 0.1) is 0 Å². The van der Waals surface area contributed by atoms with Gasteiger partial charge in [0.15, 0.2) is 0 Å². The molecular formula is C43H44N2. The van der Waals surface area contributed by atoms with Crippen LogP contribution < -0.4 is 9.80 Å². The first-order chi connectivity index (χ1) is 21.6. The third-order valence-electron chi connectivity index (χ3n) is 8.75. The van der Waals surface area contributed by atoms with Crippen LogP contribution in [0.5, 0.6) is 0 Å². The highest BCUT2D eigenvalue weighted by Crippen LogP contribution is 2.42. The number of nitrogens with zero attached hydrogens (tertiary/aromatic N) is 2. The standard InChI is InChI=1S/C43H44N2/c1-30-12-8-15-37(24-30)44(38-16-9-13-31(2)25-38)41-21-19-35(27-33(41)4)36-20-22-42(34(5)28-36)45(39-17-10-14-32(3)26-39)40-18-11-23-43(6,7)29-40/h8-28H,29H2,1-7H3. The molecule has 45 heavy (non-hydrogen) atoms. The van der Waals surface area contributed by atoms with Crippen LogP contribution in [0.25, 0.3) is 11.1 Å². The van der Waals surface area contributed by atoms with Crippen LogP contribution in [-0.4, -0.2) is 0 Å². The summed E-state index contributed by atoms with van der Waals surface area (Å²) in [5.41, 5.74) is 16.1. The number of hydrogen-bond donors (Lipinski definition) is 0. The average Bonchev–Trinajstić information content (AvgIpc) is 2.99. The molecule has 0 aliphatic heterocycles.